The summed E-state index contributed by atoms with van der Waals surface area (Å²) in [5.74, 6) is -0.120. The molecule has 0 aliphatic heterocycles. The first kappa shape index (κ1) is 21.8. The highest BCUT2D eigenvalue weighted by Crippen LogP contribution is 2.33. The van der Waals surface area contributed by atoms with E-state index in [9.17, 15) is 9.18 Å². The van der Waals surface area contributed by atoms with Gasteiger partial charge in [-0.15, -0.1) is 11.3 Å². The van der Waals surface area contributed by atoms with Crippen LogP contribution >= 0.6 is 11.3 Å². The summed E-state index contributed by atoms with van der Waals surface area (Å²) in [5.41, 5.74) is 3.34. The Balaban J connectivity index is 1.80. The Labute approximate surface area is 187 Å². The normalized spacial score (nSPS) is 11.0. The van der Waals surface area contributed by atoms with Crippen LogP contribution in [-0.2, 0) is 22.8 Å². The van der Waals surface area contributed by atoms with Gasteiger partial charge in [0, 0.05) is 34.3 Å². The van der Waals surface area contributed by atoms with Gasteiger partial charge < -0.3 is 4.74 Å². The SMILES string of the molecule is COOCc1cc(C(=O)Nc2nccs2)c2cc(Cc3ccc(F)cc3)cnc2c1OC. The van der Waals surface area contributed by atoms with Crippen LogP contribution in [0.5, 0.6) is 5.75 Å². The molecule has 4 aromatic rings. The van der Waals surface area contributed by atoms with Crippen LogP contribution in [0.3, 0.4) is 0 Å². The maximum atomic E-state index is 13.2. The minimum atomic E-state index is -0.327. The maximum absolute atomic E-state index is 13.2. The lowest BCUT2D eigenvalue weighted by molar-refractivity contribution is -0.282. The summed E-state index contributed by atoms with van der Waals surface area (Å²) >= 11 is 1.32. The molecule has 2 aromatic carbocycles. The van der Waals surface area contributed by atoms with E-state index in [2.05, 4.69) is 15.3 Å². The minimum Gasteiger partial charge on any atom is -0.494 e. The van der Waals surface area contributed by atoms with Gasteiger partial charge in [-0.1, -0.05) is 12.1 Å². The lowest BCUT2D eigenvalue weighted by Crippen LogP contribution is -2.14. The fourth-order valence-electron chi connectivity index (χ4n) is 3.39. The van der Waals surface area contributed by atoms with Crippen molar-refractivity contribution in [2.24, 2.45) is 0 Å². The molecule has 0 saturated carbocycles. The average Bonchev–Trinajstić information content (AvgIpc) is 3.31. The van der Waals surface area contributed by atoms with E-state index in [4.69, 9.17) is 14.5 Å². The van der Waals surface area contributed by atoms with Crippen LogP contribution in [0.1, 0.15) is 27.0 Å². The van der Waals surface area contributed by atoms with Crippen molar-refractivity contribution in [3.63, 3.8) is 0 Å². The van der Waals surface area contributed by atoms with Gasteiger partial charge >= 0.3 is 0 Å². The first-order valence-electron chi connectivity index (χ1n) is 9.68. The van der Waals surface area contributed by atoms with Crippen LogP contribution < -0.4 is 10.1 Å². The van der Waals surface area contributed by atoms with E-state index < -0.39 is 0 Å². The molecule has 0 bridgehead atoms. The zero-order chi connectivity index (χ0) is 22.5. The second kappa shape index (κ2) is 9.82. The molecule has 0 unspecified atom stereocenters. The smallest absolute Gasteiger partial charge is 0.258 e. The number of rotatable bonds is 8. The fraction of sp³-hybridized carbons (Fsp3) is 0.174. The molecule has 0 atom stereocenters. The minimum absolute atomic E-state index is 0.0756. The number of hydrogen-bond acceptors (Lipinski definition) is 7. The first-order valence-corrected chi connectivity index (χ1v) is 10.6. The van der Waals surface area contributed by atoms with Crippen LogP contribution in [0.15, 0.2) is 54.2 Å². The number of carbonyl (C=O) groups excluding carboxylic acids is 1. The molecular weight excluding hydrogens is 433 g/mol. The number of pyridine rings is 1. The van der Waals surface area contributed by atoms with E-state index in [-0.39, 0.29) is 18.3 Å². The Morgan fingerprint density at radius 3 is 2.62 bits per heavy atom. The Hall–Kier alpha value is -3.40. The molecule has 0 spiro atoms. The lowest BCUT2D eigenvalue weighted by atomic mass is 9.99. The quantitative estimate of drug-likeness (QED) is 0.306. The van der Waals surface area contributed by atoms with Crippen LogP contribution in [0.4, 0.5) is 9.52 Å². The molecule has 32 heavy (non-hydrogen) atoms. The van der Waals surface area contributed by atoms with Gasteiger partial charge in [0.1, 0.15) is 17.9 Å². The van der Waals surface area contributed by atoms with E-state index in [0.29, 0.717) is 39.3 Å². The molecule has 0 aliphatic rings. The molecule has 2 aromatic heterocycles. The second-order valence-corrected chi connectivity index (χ2v) is 7.77. The number of thiazole rings is 1. The number of ether oxygens (including phenoxy) is 1. The predicted octanol–water partition coefficient (Wildman–Crippen LogP) is 4.76. The predicted molar refractivity (Wildman–Crippen MR) is 119 cm³/mol. The van der Waals surface area contributed by atoms with Crippen molar-refractivity contribution in [2.75, 3.05) is 19.5 Å². The maximum Gasteiger partial charge on any atom is 0.258 e. The van der Waals surface area contributed by atoms with Crippen molar-refractivity contribution < 1.29 is 23.7 Å². The molecule has 0 radical (unpaired) electrons. The van der Waals surface area contributed by atoms with Gasteiger partial charge in [-0.3, -0.25) is 15.1 Å². The first-order chi connectivity index (χ1) is 15.6. The summed E-state index contributed by atoms with van der Waals surface area (Å²) in [7, 11) is 2.94. The van der Waals surface area contributed by atoms with Crippen molar-refractivity contribution in [3.05, 3.63) is 82.2 Å². The third kappa shape index (κ3) is 4.75. The van der Waals surface area contributed by atoms with Gasteiger partial charge in [-0.25, -0.2) is 19.1 Å². The fourth-order valence-corrected chi connectivity index (χ4v) is 3.92. The Kier molecular flexibility index (Phi) is 6.69. The number of amides is 1. The number of methoxy groups -OCH3 is 1. The van der Waals surface area contributed by atoms with Crippen LogP contribution in [-0.4, -0.2) is 30.1 Å². The molecule has 1 amide bonds. The zero-order valence-electron chi connectivity index (χ0n) is 17.4. The zero-order valence-corrected chi connectivity index (χ0v) is 18.2. The Bertz CT molecular complexity index is 1230. The van der Waals surface area contributed by atoms with Gasteiger partial charge in [-0.2, -0.15) is 0 Å². The summed E-state index contributed by atoms with van der Waals surface area (Å²) in [6.07, 6.45) is 3.87. The van der Waals surface area contributed by atoms with Gasteiger partial charge in [-0.05, 0) is 41.8 Å². The van der Waals surface area contributed by atoms with E-state index >= 15 is 0 Å². The third-order valence-electron chi connectivity index (χ3n) is 4.82. The molecule has 2 heterocycles. The van der Waals surface area contributed by atoms with E-state index in [1.54, 1.807) is 36.0 Å². The van der Waals surface area contributed by atoms with Crippen LogP contribution in [0.25, 0.3) is 10.9 Å². The summed E-state index contributed by atoms with van der Waals surface area (Å²) in [6.45, 7) is 0.0756. The molecule has 4 rings (SSSR count). The van der Waals surface area contributed by atoms with E-state index in [1.807, 2.05) is 6.07 Å². The topological polar surface area (TPSA) is 82.6 Å². The Morgan fingerprint density at radius 2 is 1.94 bits per heavy atom. The number of benzene rings is 2. The van der Waals surface area contributed by atoms with Crippen LogP contribution in [0.2, 0.25) is 0 Å². The highest BCUT2D eigenvalue weighted by Gasteiger charge is 2.20. The highest BCUT2D eigenvalue weighted by atomic mass is 32.1. The molecular formula is C23H20FN3O4S. The summed E-state index contributed by atoms with van der Waals surface area (Å²) in [6, 6.07) is 9.88. The number of carbonyl (C=O) groups is 1. The lowest BCUT2D eigenvalue weighted by Gasteiger charge is -2.15. The number of anilines is 1. The average molecular weight is 453 g/mol. The number of fused-ring (bicyclic) bond motifs is 1. The molecule has 0 fully saturated rings. The van der Waals surface area contributed by atoms with Crippen molar-refractivity contribution in [2.45, 2.75) is 13.0 Å². The van der Waals surface area contributed by atoms with Crippen molar-refractivity contribution in [1.82, 2.24) is 9.97 Å². The summed E-state index contributed by atoms with van der Waals surface area (Å²) in [5, 5.41) is 5.70. The van der Waals surface area contributed by atoms with Gasteiger partial charge in [0.2, 0.25) is 0 Å². The number of nitrogens with one attached hydrogen (secondary N) is 1. The van der Waals surface area contributed by atoms with Crippen molar-refractivity contribution >= 4 is 33.3 Å². The number of hydrogen-bond donors (Lipinski definition) is 1. The number of aromatic nitrogens is 2. The number of halogens is 1. The van der Waals surface area contributed by atoms with Gasteiger partial charge in [0.25, 0.3) is 5.91 Å². The van der Waals surface area contributed by atoms with Crippen molar-refractivity contribution in [3.8, 4) is 5.75 Å². The Morgan fingerprint density at radius 1 is 1.12 bits per heavy atom. The summed E-state index contributed by atoms with van der Waals surface area (Å²) in [4.78, 5) is 31.6. The molecule has 164 valence electrons. The van der Waals surface area contributed by atoms with Gasteiger partial charge in [0.05, 0.1) is 14.2 Å². The van der Waals surface area contributed by atoms with E-state index in [1.165, 1.54) is 37.7 Å². The van der Waals surface area contributed by atoms with Gasteiger partial charge in [0.15, 0.2) is 10.9 Å². The number of nitrogens with zero attached hydrogens (tertiary/aromatic N) is 2. The largest absolute Gasteiger partial charge is 0.494 e. The molecule has 1 N–H and O–H groups in total. The second-order valence-electron chi connectivity index (χ2n) is 6.88. The molecule has 9 heteroatoms. The molecule has 7 nitrogen and oxygen atoms in total. The van der Waals surface area contributed by atoms with Crippen LogP contribution in [0, 0.1) is 5.82 Å². The standard InChI is InChI=1S/C23H20FN3O4S/c1-29-21-16(13-31-30-2)11-19(22(28)27-23-25-7-8-32-23)18-10-15(12-26-20(18)21)9-14-3-5-17(24)6-4-14/h3-8,10-12H,9,13H2,1-2H3,(H,25,27,28). The highest BCUT2D eigenvalue weighted by molar-refractivity contribution is 7.13. The molecule has 0 aliphatic carbocycles. The monoisotopic (exact) mass is 453 g/mol. The van der Waals surface area contributed by atoms with E-state index in [0.717, 1.165) is 11.1 Å². The summed E-state index contributed by atoms with van der Waals surface area (Å²) < 4.78 is 18.8. The third-order valence-corrected chi connectivity index (χ3v) is 5.50. The van der Waals surface area contributed by atoms with Crippen molar-refractivity contribution in [1.29, 1.82) is 0 Å². The molecule has 0 saturated heterocycles.